The molecule has 0 aromatic rings. The summed E-state index contributed by atoms with van der Waals surface area (Å²) in [5, 5.41) is 16.9. The minimum absolute atomic E-state index is 0.208. The molecule has 0 saturated carbocycles. The van der Waals surface area contributed by atoms with Gasteiger partial charge in [0, 0.05) is 19.0 Å². The van der Waals surface area contributed by atoms with E-state index in [1.165, 1.54) is 0 Å². The van der Waals surface area contributed by atoms with Crippen LogP contribution in [0, 0.1) is 5.41 Å². The van der Waals surface area contributed by atoms with E-state index in [2.05, 4.69) is 11.8 Å². The van der Waals surface area contributed by atoms with Gasteiger partial charge in [0.05, 0.1) is 11.4 Å². The number of amidine groups is 1. The predicted molar refractivity (Wildman–Crippen MR) is 59.5 cm³/mol. The van der Waals surface area contributed by atoms with Gasteiger partial charge in [0.1, 0.15) is 0 Å². The van der Waals surface area contributed by atoms with Crippen molar-refractivity contribution in [2.75, 3.05) is 13.6 Å². The zero-order valence-electron chi connectivity index (χ0n) is 9.67. The Hall–Kier alpha value is -0.610. The maximum Gasteiger partial charge on any atom is 0.0921 e. The number of nitrogens with two attached hydrogens (primary N) is 1. The molecule has 14 heavy (non-hydrogen) atoms. The number of aliphatic hydroxyl groups is 1. The highest BCUT2D eigenvalue weighted by Crippen LogP contribution is 2.11. The van der Waals surface area contributed by atoms with Crippen LogP contribution in [-0.4, -0.2) is 41.1 Å². The van der Waals surface area contributed by atoms with Gasteiger partial charge in [-0.2, -0.15) is 0 Å². The van der Waals surface area contributed by atoms with Gasteiger partial charge in [0.2, 0.25) is 0 Å². The standard InChI is InChI=1S/C10H23N3O/c1-5-8(6-9(11)12)13(4)7-10(2,3)14/h8,14H,5-7H2,1-4H3,(H3,11,12). The lowest BCUT2D eigenvalue weighted by Gasteiger charge is -2.31. The van der Waals surface area contributed by atoms with Crippen LogP contribution in [0.1, 0.15) is 33.6 Å². The van der Waals surface area contributed by atoms with E-state index in [0.717, 1.165) is 6.42 Å². The van der Waals surface area contributed by atoms with Crippen molar-refractivity contribution in [3.63, 3.8) is 0 Å². The molecule has 0 aromatic carbocycles. The minimum Gasteiger partial charge on any atom is -0.389 e. The van der Waals surface area contributed by atoms with E-state index in [1.807, 2.05) is 7.05 Å². The van der Waals surface area contributed by atoms with Crippen molar-refractivity contribution in [1.29, 1.82) is 5.41 Å². The van der Waals surface area contributed by atoms with Crippen LogP contribution in [0.25, 0.3) is 0 Å². The van der Waals surface area contributed by atoms with Crippen LogP contribution in [0.5, 0.6) is 0 Å². The predicted octanol–water partition coefficient (Wildman–Crippen LogP) is 0.794. The molecule has 0 radical (unpaired) electrons. The summed E-state index contributed by atoms with van der Waals surface area (Å²) in [5.74, 6) is 0.208. The van der Waals surface area contributed by atoms with Crippen LogP contribution in [0.4, 0.5) is 0 Å². The Morgan fingerprint density at radius 2 is 2.07 bits per heavy atom. The zero-order valence-corrected chi connectivity index (χ0v) is 9.67. The first-order valence-electron chi connectivity index (χ1n) is 5.01. The summed E-state index contributed by atoms with van der Waals surface area (Å²) in [6, 6.07) is 0.249. The first-order chi connectivity index (χ1) is 6.26. The van der Waals surface area contributed by atoms with Crippen molar-refractivity contribution in [1.82, 2.24) is 4.90 Å². The van der Waals surface area contributed by atoms with E-state index in [1.54, 1.807) is 13.8 Å². The summed E-state index contributed by atoms with van der Waals surface area (Å²) in [7, 11) is 1.95. The molecule has 4 N–H and O–H groups in total. The number of nitrogens with zero attached hydrogens (tertiary/aromatic N) is 1. The van der Waals surface area contributed by atoms with Crippen LogP contribution in [-0.2, 0) is 0 Å². The number of hydrogen-bond donors (Lipinski definition) is 3. The fourth-order valence-electron chi connectivity index (χ4n) is 1.61. The second kappa shape index (κ2) is 5.32. The van der Waals surface area contributed by atoms with Gasteiger partial charge in [-0.05, 0) is 27.3 Å². The third-order valence-electron chi connectivity index (χ3n) is 2.19. The summed E-state index contributed by atoms with van der Waals surface area (Å²) < 4.78 is 0. The molecule has 4 nitrogen and oxygen atoms in total. The molecule has 0 fully saturated rings. The topological polar surface area (TPSA) is 73.3 Å². The Bertz CT molecular complexity index is 186. The van der Waals surface area contributed by atoms with Gasteiger partial charge in [-0.25, -0.2) is 0 Å². The van der Waals surface area contributed by atoms with Crippen LogP contribution >= 0.6 is 0 Å². The smallest absolute Gasteiger partial charge is 0.0921 e. The van der Waals surface area contributed by atoms with Gasteiger partial charge >= 0.3 is 0 Å². The molecular weight excluding hydrogens is 178 g/mol. The number of nitrogens with one attached hydrogen (secondary N) is 1. The summed E-state index contributed by atoms with van der Waals surface area (Å²) in [6.07, 6.45) is 1.51. The van der Waals surface area contributed by atoms with Crippen molar-refractivity contribution in [2.45, 2.75) is 45.3 Å². The molecule has 0 rings (SSSR count). The van der Waals surface area contributed by atoms with Crippen LogP contribution in [0.3, 0.4) is 0 Å². The molecule has 0 aromatic heterocycles. The minimum atomic E-state index is -0.695. The van der Waals surface area contributed by atoms with Crippen molar-refractivity contribution in [3.05, 3.63) is 0 Å². The third kappa shape index (κ3) is 5.94. The molecule has 1 unspecified atom stereocenters. The average molecular weight is 201 g/mol. The van der Waals surface area contributed by atoms with Crippen LogP contribution in [0.2, 0.25) is 0 Å². The highest BCUT2D eigenvalue weighted by Gasteiger charge is 2.21. The number of hydrogen-bond acceptors (Lipinski definition) is 3. The Morgan fingerprint density at radius 3 is 2.36 bits per heavy atom. The van der Waals surface area contributed by atoms with Gasteiger partial charge in [-0.3, -0.25) is 5.41 Å². The second-order valence-corrected chi connectivity index (χ2v) is 4.52. The summed E-state index contributed by atoms with van der Waals surface area (Å²) in [5.41, 5.74) is 4.67. The van der Waals surface area contributed by atoms with E-state index >= 15 is 0 Å². The molecule has 84 valence electrons. The zero-order chi connectivity index (χ0) is 11.4. The molecule has 0 aliphatic carbocycles. The SMILES string of the molecule is CCC(CC(=N)N)N(C)CC(C)(C)O. The van der Waals surface area contributed by atoms with Crippen molar-refractivity contribution in [2.24, 2.45) is 5.73 Å². The molecule has 0 heterocycles. The lowest BCUT2D eigenvalue weighted by Crippen LogP contribution is -2.43. The van der Waals surface area contributed by atoms with Gasteiger partial charge in [0.25, 0.3) is 0 Å². The molecule has 0 spiro atoms. The lowest BCUT2D eigenvalue weighted by atomic mass is 10.1. The van der Waals surface area contributed by atoms with Crippen molar-refractivity contribution in [3.8, 4) is 0 Å². The van der Waals surface area contributed by atoms with E-state index in [4.69, 9.17) is 11.1 Å². The molecule has 0 amide bonds. The molecule has 1 atom stereocenters. The molecule has 4 heteroatoms. The molecule has 0 aliphatic rings. The Kier molecular flexibility index (Phi) is 5.08. The largest absolute Gasteiger partial charge is 0.389 e. The quantitative estimate of drug-likeness (QED) is 0.439. The van der Waals surface area contributed by atoms with E-state index in [9.17, 15) is 5.11 Å². The van der Waals surface area contributed by atoms with Crippen LogP contribution < -0.4 is 5.73 Å². The normalized spacial score (nSPS) is 14.4. The molecule has 0 saturated heterocycles. The summed E-state index contributed by atoms with van der Waals surface area (Å²) in [4.78, 5) is 2.06. The molecule has 0 bridgehead atoms. The van der Waals surface area contributed by atoms with Gasteiger partial charge < -0.3 is 15.7 Å². The van der Waals surface area contributed by atoms with Crippen molar-refractivity contribution < 1.29 is 5.11 Å². The fourth-order valence-corrected chi connectivity index (χ4v) is 1.61. The number of rotatable bonds is 6. The Labute approximate surface area is 86.6 Å². The summed E-state index contributed by atoms with van der Waals surface area (Å²) >= 11 is 0. The Morgan fingerprint density at radius 1 is 1.57 bits per heavy atom. The van der Waals surface area contributed by atoms with E-state index < -0.39 is 5.60 Å². The number of likely N-dealkylation sites (N-methyl/N-ethyl adjacent to an activating group) is 1. The average Bonchev–Trinajstić information content (AvgIpc) is 1.96. The van der Waals surface area contributed by atoms with Gasteiger partial charge in [0.15, 0.2) is 0 Å². The van der Waals surface area contributed by atoms with Crippen molar-refractivity contribution >= 4 is 5.84 Å². The first-order valence-corrected chi connectivity index (χ1v) is 5.01. The third-order valence-corrected chi connectivity index (χ3v) is 2.19. The highest BCUT2D eigenvalue weighted by molar-refractivity contribution is 5.77. The monoisotopic (exact) mass is 201 g/mol. The van der Waals surface area contributed by atoms with Gasteiger partial charge in [-0.1, -0.05) is 6.92 Å². The lowest BCUT2D eigenvalue weighted by molar-refractivity contribution is 0.0314. The first kappa shape index (κ1) is 13.4. The second-order valence-electron chi connectivity index (χ2n) is 4.52. The molecular formula is C10H23N3O. The van der Waals surface area contributed by atoms with Crippen LogP contribution in [0.15, 0.2) is 0 Å². The maximum absolute atomic E-state index is 9.64. The Balaban J connectivity index is 4.17. The maximum atomic E-state index is 9.64. The highest BCUT2D eigenvalue weighted by atomic mass is 16.3. The van der Waals surface area contributed by atoms with E-state index in [0.29, 0.717) is 13.0 Å². The fraction of sp³-hybridized carbons (Fsp3) is 0.900. The summed E-state index contributed by atoms with van der Waals surface area (Å²) in [6.45, 7) is 6.22. The van der Waals surface area contributed by atoms with E-state index in [-0.39, 0.29) is 11.9 Å². The molecule has 0 aliphatic heterocycles. The van der Waals surface area contributed by atoms with Gasteiger partial charge in [-0.15, -0.1) is 0 Å².